The van der Waals surface area contributed by atoms with Crippen molar-refractivity contribution in [1.29, 1.82) is 0 Å². The average Bonchev–Trinajstić information content (AvgIpc) is 1.67. The van der Waals surface area contributed by atoms with Crippen molar-refractivity contribution >= 4 is 10.2 Å². The molecular weight excluding hydrogens is 116 g/mol. The topological polar surface area (TPSA) is 38.0 Å². The zero-order valence-electron chi connectivity index (χ0n) is 5.99. The summed E-state index contributed by atoms with van der Waals surface area (Å²) in [5, 5.41) is 3.19. The molecule has 0 spiro atoms. The summed E-state index contributed by atoms with van der Waals surface area (Å²) in [5.74, 6) is 0. The van der Waals surface area contributed by atoms with E-state index in [1.54, 1.807) is 0 Å². The Morgan fingerprint density at radius 1 is 1.62 bits per heavy atom. The van der Waals surface area contributed by atoms with Crippen LogP contribution < -0.4 is 11.1 Å². The lowest BCUT2D eigenvalue weighted by atomic mass is 10.4. The quantitative estimate of drug-likeness (QED) is 0.381. The van der Waals surface area contributed by atoms with Crippen LogP contribution in [0, 0.1) is 0 Å². The van der Waals surface area contributed by atoms with Crippen LogP contribution in [0.1, 0.15) is 20.3 Å². The highest BCUT2D eigenvalue weighted by Gasteiger charge is 2.10. The Balaban J connectivity index is 3.37. The van der Waals surface area contributed by atoms with Crippen molar-refractivity contribution in [2.24, 2.45) is 5.73 Å². The van der Waals surface area contributed by atoms with E-state index in [1.807, 2.05) is 0 Å². The third kappa shape index (κ3) is 3.18. The molecule has 0 aromatic heterocycles. The number of nitrogens with one attached hydrogen (secondary N) is 1. The van der Waals surface area contributed by atoms with Gasteiger partial charge in [-0.05, 0) is 13.0 Å². The third-order valence-corrected chi connectivity index (χ3v) is 2.38. The monoisotopic (exact) mass is 132 g/mol. The molecule has 0 aromatic rings. The highest BCUT2D eigenvalue weighted by molar-refractivity contribution is 6.14. The second kappa shape index (κ2) is 3.22. The molecule has 3 heteroatoms. The van der Waals surface area contributed by atoms with Crippen LogP contribution >= 0.6 is 0 Å². The Labute approximate surface area is 54.3 Å². The van der Waals surface area contributed by atoms with Crippen LogP contribution in [-0.4, -0.2) is 22.1 Å². The van der Waals surface area contributed by atoms with Crippen molar-refractivity contribution in [1.82, 2.24) is 5.32 Å². The lowest BCUT2D eigenvalue weighted by molar-refractivity contribution is 0.468. The Hall–Kier alpha value is 0.137. The summed E-state index contributed by atoms with van der Waals surface area (Å²) in [6.07, 6.45) is 1.03. The van der Waals surface area contributed by atoms with Gasteiger partial charge in [0.2, 0.25) is 0 Å². The SMILES string of the molecule is CCNC(N)([SiH3])CC. The molecule has 0 aromatic carbocycles. The van der Waals surface area contributed by atoms with Gasteiger partial charge >= 0.3 is 0 Å². The van der Waals surface area contributed by atoms with E-state index in [2.05, 4.69) is 19.2 Å². The zero-order valence-corrected chi connectivity index (χ0v) is 7.99. The van der Waals surface area contributed by atoms with Crippen LogP contribution in [0.3, 0.4) is 0 Å². The second-order valence-electron chi connectivity index (χ2n) is 2.30. The smallest absolute Gasteiger partial charge is 0.0460 e. The maximum absolute atomic E-state index is 5.78. The first-order chi connectivity index (χ1) is 3.62. The van der Waals surface area contributed by atoms with Crippen LogP contribution in [0.4, 0.5) is 0 Å². The number of rotatable bonds is 3. The van der Waals surface area contributed by atoms with Gasteiger partial charge in [0.15, 0.2) is 0 Å². The molecule has 0 aliphatic rings. The highest BCUT2D eigenvalue weighted by Crippen LogP contribution is 1.91. The molecule has 0 rings (SSSR count). The minimum atomic E-state index is -0.0191. The third-order valence-electron chi connectivity index (χ3n) is 1.32. The van der Waals surface area contributed by atoms with Crippen molar-refractivity contribution in [2.45, 2.75) is 25.6 Å². The summed E-state index contributed by atoms with van der Waals surface area (Å²) in [4.78, 5) is 0. The van der Waals surface area contributed by atoms with E-state index in [0.29, 0.717) is 0 Å². The molecule has 0 aliphatic heterocycles. The van der Waals surface area contributed by atoms with Crippen LogP contribution in [0.25, 0.3) is 0 Å². The summed E-state index contributed by atoms with van der Waals surface area (Å²) in [7, 11) is 1.03. The zero-order chi connectivity index (χ0) is 6.62. The summed E-state index contributed by atoms with van der Waals surface area (Å²) in [5.41, 5.74) is 5.78. The molecule has 0 radical (unpaired) electrons. The normalized spacial score (nSPS) is 18.4. The predicted octanol–water partition coefficient (Wildman–Crippen LogP) is -1.02. The Morgan fingerprint density at radius 2 is 2.12 bits per heavy atom. The van der Waals surface area contributed by atoms with Crippen molar-refractivity contribution in [3.05, 3.63) is 0 Å². The van der Waals surface area contributed by atoms with Gasteiger partial charge in [-0.2, -0.15) is 0 Å². The van der Waals surface area contributed by atoms with Gasteiger partial charge in [-0.3, -0.25) is 0 Å². The van der Waals surface area contributed by atoms with Crippen molar-refractivity contribution in [2.75, 3.05) is 6.54 Å². The van der Waals surface area contributed by atoms with Crippen LogP contribution in [0.15, 0.2) is 0 Å². The van der Waals surface area contributed by atoms with Crippen molar-refractivity contribution < 1.29 is 0 Å². The average molecular weight is 132 g/mol. The first-order valence-corrected chi connectivity index (χ1v) is 4.16. The van der Waals surface area contributed by atoms with Crippen LogP contribution in [-0.2, 0) is 0 Å². The Morgan fingerprint density at radius 3 is 2.25 bits per heavy atom. The van der Waals surface area contributed by atoms with Crippen LogP contribution in [0.5, 0.6) is 0 Å². The molecule has 2 nitrogen and oxygen atoms in total. The second-order valence-corrected chi connectivity index (χ2v) is 4.09. The van der Waals surface area contributed by atoms with Crippen LogP contribution in [0.2, 0.25) is 0 Å². The van der Waals surface area contributed by atoms with E-state index in [0.717, 1.165) is 23.2 Å². The maximum atomic E-state index is 5.78. The van der Waals surface area contributed by atoms with Crippen molar-refractivity contribution in [3.63, 3.8) is 0 Å². The molecule has 0 saturated carbocycles. The van der Waals surface area contributed by atoms with E-state index in [-0.39, 0.29) is 5.29 Å². The molecule has 50 valence electrons. The van der Waals surface area contributed by atoms with Crippen molar-refractivity contribution in [3.8, 4) is 0 Å². The number of hydrogen-bond donors (Lipinski definition) is 2. The summed E-state index contributed by atoms with van der Waals surface area (Å²) < 4.78 is 0. The van der Waals surface area contributed by atoms with E-state index in [1.165, 1.54) is 0 Å². The van der Waals surface area contributed by atoms with Gasteiger partial charge in [0.1, 0.15) is 0 Å². The molecular formula is C5H16N2Si. The summed E-state index contributed by atoms with van der Waals surface area (Å²) in [6, 6.07) is 0. The molecule has 0 fully saturated rings. The Kier molecular flexibility index (Phi) is 3.27. The Bertz CT molecular complexity index is 63.4. The molecule has 0 saturated heterocycles. The molecule has 1 unspecified atom stereocenters. The van der Waals surface area contributed by atoms with E-state index in [4.69, 9.17) is 5.73 Å². The van der Waals surface area contributed by atoms with E-state index in [9.17, 15) is 0 Å². The van der Waals surface area contributed by atoms with Gasteiger partial charge in [0.25, 0.3) is 0 Å². The van der Waals surface area contributed by atoms with E-state index >= 15 is 0 Å². The number of hydrogen-bond acceptors (Lipinski definition) is 2. The molecule has 1 atom stereocenters. The molecule has 0 aliphatic carbocycles. The summed E-state index contributed by atoms with van der Waals surface area (Å²) >= 11 is 0. The first kappa shape index (κ1) is 8.14. The molecule has 3 N–H and O–H groups in total. The molecule has 0 bridgehead atoms. The lowest BCUT2D eigenvalue weighted by Crippen LogP contribution is -2.53. The van der Waals surface area contributed by atoms with Gasteiger partial charge in [0, 0.05) is 15.5 Å². The van der Waals surface area contributed by atoms with E-state index < -0.39 is 0 Å². The number of nitrogens with two attached hydrogens (primary N) is 1. The van der Waals surface area contributed by atoms with Gasteiger partial charge in [-0.15, -0.1) is 0 Å². The van der Waals surface area contributed by atoms with Gasteiger partial charge in [0.05, 0.1) is 0 Å². The molecule has 8 heavy (non-hydrogen) atoms. The largest absolute Gasteiger partial charge is 0.317 e. The maximum Gasteiger partial charge on any atom is 0.0460 e. The minimum Gasteiger partial charge on any atom is -0.317 e. The fourth-order valence-electron chi connectivity index (χ4n) is 0.529. The van der Waals surface area contributed by atoms with Gasteiger partial charge in [-0.1, -0.05) is 13.8 Å². The van der Waals surface area contributed by atoms with Gasteiger partial charge in [-0.25, -0.2) is 0 Å². The van der Waals surface area contributed by atoms with Gasteiger partial charge < -0.3 is 11.1 Å². The summed E-state index contributed by atoms with van der Waals surface area (Å²) in [6.45, 7) is 5.17. The predicted molar refractivity (Wildman–Crippen MR) is 40.8 cm³/mol. The molecule has 0 amide bonds. The standard InChI is InChI=1S/C5H16N2Si/c1-3-5(6,8)7-4-2/h7H,3-4,6H2,1-2,8H3. The highest BCUT2D eigenvalue weighted by atomic mass is 28.1. The lowest BCUT2D eigenvalue weighted by Gasteiger charge is -2.23. The molecule has 0 heterocycles. The first-order valence-electron chi connectivity index (χ1n) is 3.16. The fraction of sp³-hybridized carbons (Fsp3) is 1.00. The minimum absolute atomic E-state index is 0.0191. The fourth-order valence-corrected chi connectivity index (χ4v) is 0.882.